The molecular weight excluding hydrogens is 440 g/mol. The molecule has 3 aliphatic rings. The van der Waals surface area contributed by atoms with Crippen molar-refractivity contribution in [2.75, 3.05) is 6.61 Å². The molecule has 32 heavy (non-hydrogen) atoms. The van der Waals surface area contributed by atoms with Gasteiger partial charge in [-0.25, -0.2) is 0 Å². The molecule has 3 heterocycles. The molecule has 3 rings (SSSR count). The summed E-state index contributed by atoms with van der Waals surface area (Å²) in [6.45, 7) is 2.10. The summed E-state index contributed by atoms with van der Waals surface area (Å²) in [5.74, 6) is 0. The van der Waals surface area contributed by atoms with Crippen LogP contribution in [0.15, 0.2) is 0 Å². The van der Waals surface area contributed by atoms with E-state index in [1.165, 1.54) is 13.8 Å². The number of hydrogen-bond donors (Lipinski definition) is 9. The summed E-state index contributed by atoms with van der Waals surface area (Å²) >= 11 is 0. The van der Waals surface area contributed by atoms with Gasteiger partial charge in [-0.05, 0) is 13.8 Å². The molecule has 0 aromatic rings. The Morgan fingerprint density at radius 2 is 1.00 bits per heavy atom. The summed E-state index contributed by atoms with van der Waals surface area (Å²) in [7, 11) is 0. The third-order valence-electron chi connectivity index (χ3n) is 6.02. The highest BCUT2D eigenvalue weighted by molar-refractivity contribution is 4.95. The van der Waals surface area contributed by atoms with Crippen LogP contribution in [0.4, 0.5) is 0 Å². The van der Waals surface area contributed by atoms with E-state index in [4.69, 9.17) is 23.7 Å². The van der Waals surface area contributed by atoms with Crippen LogP contribution in [-0.2, 0) is 23.7 Å². The third kappa shape index (κ3) is 4.94. The van der Waals surface area contributed by atoms with Crippen LogP contribution in [0.3, 0.4) is 0 Å². The van der Waals surface area contributed by atoms with Crippen LogP contribution in [0.1, 0.15) is 13.8 Å². The Hall–Kier alpha value is -0.560. The Balaban J connectivity index is 1.81. The molecule has 0 unspecified atom stereocenters. The first-order valence-corrected chi connectivity index (χ1v) is 10.3. The van der Waals surface area contributed by atoms with Crippen LogP contribution in [0.25, 0.3) is 0 Å². The molecule has 15 atom stereocenters. The molecule has 3 fully saturated rings. The molecular formula is C18H32O14. The average Bonchev–Trinajstić information content (AvgIpc) is 2.76. The first-order chi connectivity index (χ1) is 15.0. The Morgan fingerprint density at radius 3 is 1.44 bits per heavy atom. The van der Waals surface area contributed by atoms with Crippen molar-refractivity contribution in [1.29, 1.82) is 0 Å². The van der Waals surface area contributed by atoms with E-state index in [-0.39, 0.29) is 0 Å². The lowest BCUT2D eigenvalue weighted by molar-refractivity contribution is -0.385. The Morgan fingerprint density at radius 1 is 0.562 bits per heavy atom. The molecule has 0 bridgehead atoms. The fourth-order valence-electron chi connectivity index (χ4n) is 3.92. The normalized spacial score (nSPS) is 55.0. The van der Waals surface area contributed by atoms with Gasteiger partial charge >= 0.3 is 0 Å². The monoisotopic (exact) mass is 472 g/mol. The van der Waals surface area contributed by atoms with E-state index in [2.05, 4.69) is 0 Å². The van der Waals surface area contributed by atoms with E-state index >= 15 is 0 Å². The number of ether oxygens (including phenoxy) is 5. The first kappa shape index (κ1) is 26.1. The van der Waals surface area contributed by atoms with Gasteiger partial charge in [0.15, 0.2) is 18.9 Å². The minimum atomic E-state index is -1.83. The van der Waals surface area contributed by atoms with E-state index in [9.17, 15) is 46.0 Å². The van der Waals surface area contributed by atoms with Crippen LogP contribution < -0.4 is 0 Å². The maximum Gasteiger partial charge on any atom is 0.187 e. The van der Waals surface area contributed by atoms with E-state index in [1.807, 2.05) is 0 Å². The SMILES string of the molecule is C[C@@H]1O[C@@H](O[C@H]2[C@@H](O[C@H]3O[C@@H](C)[C@@H](O)[C@@H](O)[C@@H]3O)[C@H](O)[C@@H](CO)O[C@@H]2O)[C@@H](O)[C@H](O)[C@@H]1O. The highest BCUT2D eigenvalue weighted by atomic mass is 16.8. The van der Waals surface area contributed by atoms with Crippen molar-refractivity contribution in [3.8, 4) is 0 Å². The van der Waals surface area contributed by atoms with Crippen molar-refractivity contribution < 1.29 is 69.6 Å². The van der Waals surface area contributed by atoms with Crippen molar-refractivity contribution in [2.45, 2.75) is 106 Å². The lowest BCUT2D eigenvalue weighted by Crippen LogP contribution is -2.66. The van der Waals surface area contributed by atoms with Crippen LogP contribution in [0.5, 0.6) is 0 Å². The molecule has 14 heteroatoms. The molecule has 14 nitrogen and oxygen atoms in total. The topological polar surface area (TPSA) is 228 Å². The first-order valence-electron chi connectivity index (χ1n) is 10.3. The van der Waals surface area contributed by atoms with E-state index in [1.54, 1.807) is 0 Å². The molecule has 0 aromatic heterocycles. The molecule has 0 amide bonds. The van der Waals surface area contributed by atoms with Gasteiger partial charge in [-0.15, -0.1) is 0 Å². The largest absolute Gasteiger partial charge is 0.394 e. The van der Waals surface area contributed by atoms with Crippen molar-refractivity contribution in [2.24, 2.45) is 0 Å². The molecule has 0 spiro atoms. The number of hydrogen-bond acceptors (Lipinski definition) is 14. The zero-order valence-electron chi connectivity index (χ0n) is 17.4. The fraction of sp³-hybridized carbons (Fsp3) is 1.00. The molecule has 0 aliphatic carbocycles. The predicted molar refractivity (Wildman–Crippen MR) is 98.4 cm³/mol. The predicted octanol–water partition coefficient (Wildman–Crippen LogP) is -5.52. The van der Waals surface area contributed by atoms with Crippen molar-refractivity contribution in [3.05, 3.63) is 0 Å². The number of aliphatic hydroxyl groups is 9. The molecule has 9 N–H and O–H groups in total. The zero-order valence-corrected chi connectivity index (χ0v) is 17.4. The molecule has 0 saturated carbocycles. The minimum Gasteiger partial charge on any atom is -0.394 e. The summed E-state index contributed by atoms with van der Waals surface area (Å²) in [6.07, 6.45) is -22.6. The summed E-state index contributed by atoms with van der Waals surface area (Å²) < 4.78 is 27.0. The minimum absolute atomic E-state index is 0.721. The second-order valence-electron chi connectivity index (χ2n) is 8.30. The van der Waals surface area contributed by atoms with E-state index in [0.29, 0.717) is 0 Å². The summed E-state index contributed by atoms with van der Waals surface area (Å²) in [6, 6.07) is 0. The van der Waals surface area contributed by atoms with Gasteiger partial charge in [-0.2, -0.15) is 0 Å². The Labute approximate surface area is 183 Å². The van der Waals surface area contributed by atoms with Gasteiger partial charge in [0.05, 0.1) is 18.8 Å². The van der Waals surface area contributed by atoms with Crippen LogP contribution in [0, 0.1) is 0 Å². The van der Waals surface area contributed by atoms with E-state index in [0.717, 1.165) is 0 Å². The fourth-order valence-corrected chi connectivity index (χ4v) is 3.92. The van der Waals surface area contributed by atoms with Crippen molar-refractivity contribution >= 4 is 0 Å². The van der Waals surface area contributed by atoms with Gasteiger partial charge in [0.2, 0.25) is 0 Å². The molecule has 188 valence electrons. The van der Waals surface area contributed by atoms with Crippen LogP contribution in [0.2, 0.25) is 0 Å². The van der Waals surface area contributed by atoms with Crippen molar-refractivity contribution in [3.63, 3.8) is 0 Å². The number of aliphatic hydroxyl groups excluding tert-OH is 9. The van der Waals surface area contributed by atoms with Gasteiger partial charge in [0, 0.05) is 0 Å². The van der Waals surface area contributed by atoms with Gasteiger partial charge in [0.25, 0.3) is 0 Å². The smallest absolute Gasteiger partial charge is 0.187 e. The standard InChI is InChI=1S/C18H32O14/c1-4-7(20)10(23)12(25)17(28-4)31-14-9(22)6(3-19)30-16(27)15(14)32-18-13(26)11(24)8(21)5(2)29-18/h4-27H,3H2,1-2H3/t4-,5-,6+,7+,8+,9+,10+,11+,12-,13-,14-,15-,16-,17+,18-/m0/s1. The van der Waals surface area contributed by atoms with Gasteiger partial charge in [-0.1, -0.05) is 0 Å². The maximum absolute atomic E-state index is 10.6. The zero-order chi connectivity index (χ0) is 23.9. The Kier molecular flexibility index (Phi) is 8.44. The van der Waals surface area contributed by atoms with E-state index < -0.39 is 98.7 Å². The lowest BCUT2D eigenvalue weighted by atomic mass is 9.96. The average molecular weight is 472 g/mol. The summed E-state index contributed by atoms with van der Waals surface area (Å²) in [4.78, 5) is 0. The molecule has 0 aromatic carbocycles. The highest BCUT2D eigenvalue weighted by Crippen LogP contribution is 2.32. The van der Waals surface area contributed by atoms with Crippen molar-refractivity contribution in [1.82, 2.24) is 0 Å². The Bertz CT molecular complexity index is 610. The lowest BCUT2D eigenvalue weighted by Gasteiger charge is -2.48. The summed E-state index contributed by atoms with van der Waals surface area (Å²) in [5.41, 5.74) is 0. The molecule has 3 aliphatic heterocycles. The van der Waals surface area contributed by atoms with Crippen LogP contribution in [-0.4, -0.2) is 145 Å². The van der Waals surface area contributed by atoms with Gasteiger partial charge < -0.3 is 69.6 Å². The molecule has 0 radical (unpaired) electrons. The summed E-state index contributed by atoms with van der Waals surface area (Å²) in [5, 5.41) is 90.6. The second kappa shape index (κ2) is 10.4. The third-order valence-corrected chi connectivity index (χ3v) is 6.02. The maximum atomic E-state index is 10.6. The van der Waals surface area contributed by atoms with Gasteiger partial charge in [-0.3, -0.25) is 0 Å². The second-order valence-corrected chi connectivity index (χ2v) is 8.30. The van der Waals surface area contributed by atoms with Gasteiger partial charge in [0.1, 0.15) is 61.0 Å². The highest BCUT2D eigenvalue weighted by Gasteiger charge is 2.53. The molecule has 3 saturated heterocycles. The quantitative estimate of drug-likeness (QED) is 0.182. The van der Waals surface area contributed by atoms with Crippen LogP contribution >= 0.6 is 0 Å². The number of rotatable bonds is 5.